The molecular formula is C16H17FN2O2. The van der Waals surface area contributed by atoms with E-state index in [4.69, 9.17) is 9.47 Å². The normalized spacial score (nSPS) is 14.0. The molecule has 0 bridgehead atoms. The van der Waals surface area contributed by atoms with Gasteiger partial charge in [0.05, 0.1) is 7.11 Å². The molecule has 3 rings (SSSR count). The lowest BCUT2D eigenvalue weighted by Gasteiger charge is -2.11. The number of rotatable bonds is 6. The Bertz CT molecular complexity index is 629. The Morgan fingerprint density at radius 1 is 1.24 bits per heavy atom. The van der Waals surface area contributed by atoms with Crippen LogP contribution in [-0.2, 0) is 6.54 Å². The summed E-state index contributed by atoms with van der Waals surface area (Å²) in [7, 11) is 1.54. The van der Waals surface area contributed by atoms with Crippen LogP contribution in [0, 0.1) is 5.82 Å². The average molecular weight is 288 g/mol. The number of methoxy groups -OCH3 is 1. The molecule has 0 aliphatic heterocycles. The number of hydrogen-bond donors (Lipinski definition) is 1. The van der Waals surface area contributed by atoms with Crippen LogP contribution >= 0.6 is 0 Å². The van der Waals surface area contributed by atoms with Crippen LogP contribution < -0.4 is 14.8 Å². The maximum absolute atomic E-state index is 14.4. The van der Waals surface area contributed by atoms with E-state index in [1.54, 1.807) is 37.6 Å². The summed E-state index contributed by atoms with van der Waals surface area (Å²) in [4.78, 5) is 3.97. The first-order valence-electron chi connectivity index (χ1n) is 6.95. The van der Waals surface area contributed by atoms with E-state index in [0.717, 1.165) is 12.8 Å². The summed E-state index contributed by atoms with van der Waals surface area (Å²) >= 11 is 0. The van der Waals surface area contributed by atoms with Crippen molar-refractivity contribution in [3.8, 4) is 17.4 Å². The molecule has 0 atom stereocenters. The number of ether oxygens (including phenoxy) is 2. The molecule has 1 aromatic heterocycles. The predicted octanol–water partition coefficient (Wildman–Crippen LogP) is 3.27. The minimum absolute atomic E-state index is 0.0328. The van der Waals surface area contributed by atoms with E-state index in [0.29, 0.717) is 29.6 Å². The quantitative estimate of drug-likeness (QED) is 0.886. The molecule has 0 saturated heterocycles. The summed E-state index contributed by atoms with van der Waals surface area (Å²) in [6.45, 7) is 0.487. The second-order valence-corrected chi connectivity index (χ2v) is 5.00. The highest BCUT2D eigenvalue weighted by molar-refractivity contribution is 5.42. The number of nitrogens with one attached hydrogen (secondary N) is 1. The van der Waals surface area contributed by atoms with Crippen LogP contribution in [0.2, 0.25) is 0 Å². The maximum Gasteiger partial charge on any atom is 0.256 e. The van der Waals surface area contributed by atoms with Gasteiger partial charge >= 0.3 is 0 Å². The Labute approximate surface area is 122 Å². The second kappa shape index (κ2) is 6.10. The van der Waals surface area contributed by atoms with Gasteiger partial charge in [0.2, 0.25) is 0 Å². The second-order valence-electron chi connectivity index (χ2n) is 5.00. The largest absolute Gasteiger partial charge is 0.493 e. The van der Waals surface area contributed by atoms with E-state index >= 15 is 0 Å². The summed E-state index contributed by atoms with van der Waals surface area (Å²) < 4.78 is 25.1. The number of nitrogens with zero attached hydrogens (tertiary/aromatic N) is 1. The first-order chi connectivity index (χ1) is 10.3. The monoisotopic (exact) mass is 288 g/mol. The van der Waals surface area contributed by atoms with Gasteiger partial charge in [0.1, 0.15) is 0 Å². The number of hydrogen-bond acceptors (Lipinski definition) is 4. The van der Waals surface area contributed by atoms with Crippen LogP contribution in [0.25, 0.3) is 0 Å². The predicted molar refractivity (Wildman–Crippen MR) is 77.1 cm³/mol. The van der Waals surface area contributed by atoms with Crippen molar-refractivity contribution in [3.05, 3.63) is 47.9 Å². The van der Waals surface area contributed by atoms with Crippen molar-refractivity contribution >= 4 is 0 Å². The molecule has 21 heavy (non-hydrogen) atoms. The molecular weight excluding hydrogens is 271 g/mol. The van der Waals surface area contributed by atoms with Crippen molar-refractivity contribution in [2.24, 2.45) is 0 Å². The summed E-state index contributed by atoms with van der Waals surface area (Å²) in [6.07, 6.45) is 3.88. The molecule has 2 aromatic rings. The molecule has 1 N–H and O–H groups in total. The summed E-state index contributed by atoms with van der Waals surface area (Å²) in [5, 5.41) is 3.28. The molecule has 0 amide bonds. The van der Waals surface area contributed by atoms with Crippen molar-refractivity contribution < 1.29 is 13.9 Å². The SMILES string of the molecule is COc1ccccc1Oc1nccc(CNC2CC2)c1F. The van der Waals surface area contributed by atoms with Gasteiger partial charge in [-0.3, -0.25) is 0 Å². The Morgan fingerprint density at radius 2 is 2.00 bits per heavy atom. The lowest BCUT2D eigenvalue weighted by atomic mass is 10.2. The van der Waals surface area contributed by atoms with E-state index in [9.17, 15) is 4.39 Å². The van der Waals surface area contributed by atoms with Gasteiger partial charge < -0.3 is 14.8 Å². The first-order valence-corrected chi connectivity index (χ1v) is 6.95. The Kier molecular flexibility index (Phi) is 4.01. The van der Waals surface area contributed by atoms with Crippen molar-refractivity contribution in [1.82, 2.24) is 10.3 Å². The fourth-order valence-electron chi connectivity index (χ4n) is 2.02. The van der Waals surface area contributed by atoms with Gasteiger partial charge in [0.15, 0.2) is 17.3 Å². The smallest absolute Gasteiger partial charge is 0.256 e. The van der Waals surface area contributed by atoms with Gasteiger partial charge in [-0.05, 0) is 31.0 Å². The fraction of sp³-hybridized carbons (Fsp3) is 0.312. The van der Waals surface area contributed by atoms with Crippen LogP contribution in [-0.4, -0.2) is 18.1 Å². The average Bonchev–Trinajstić information content (AvgIpc) is 3.33. The molecule has 4 nitrogen and oxygen atoms in total. The molecule has 110 valence electrons. The van der Waals surface area contributed by atoms with E-state index < -0.39 is 5.82 Å². The maximum atomic E-state index is 14.4. The van der Waals surface area contributed by atoms with Gasteiger partial charge in [-0.2, -0.15) is 0 Å². The van der Waals surface area contributed by atoms with Gasteiger partial charge in [-0.25, -0.2) is 9.37 Å². The molecule has 1 aliphatic rings. The molecule has 1 aliphatic carbocycles. The van der Waals surface area contributed by atoms with E-state index in [2.05, 4.69) is 10.3 Å². The lowest BCUT2D eigenvalue weighted by Crippen LogP contribution is -2.16. The molecule has 0 spiro atoms. The Balaban J connectivity index is 1.79. The molecule has 5 heteroatoms. The van der Waals surface area contributed by atoms with Crippen molar-refractivity contribution in [2.45, 2.75) is 25.4 Å². The van der Waals surface area contributed by atoms with Crippen LogP contribution in [0.4, 0.5) is 4.39 Å². The van der Waals surface area contributed by atoms with Gasteiger partial charge in [0, 0.05) is 24.3 Å². The highest BCUT2D eigenvalue weighted by Gasteiger charge is 2.21. The van der Waals surface area contributed by atoms with E-state index in [1.165, 1.54) is 0 Å². The van der Waals surface area contributed by atoms with E-state index in [1.807, 2.05) is 6.07 Å². The summed E-state index contributed by atoms with van der Waals surface area (Å²) in [5.41, 5.74) is 0.557. The molecule has 1 saturated carbocycles. The van der Waals surface area contributed by atoms with Gasteiger partial charge in [-0.15, -0.1) is 0 Å². The molecule has 0 unspecified atom stereocenters. The van der Waals surface area contributed by atoms with Gasteiger partial charge in [0.25, 0.3) is 5.88 Å². The van der Waals surface area contributed by atoms with Crippen LogP contribution in [0.1, 0.15) is 18.4 Å². The number of para-hydroxylation sites is 2. The zero-order valence-electron chi connectivity index (χ0n) is 11.8. The minimum Gasteiger partial charge on any atom is -0.493 e. The van der Waals surface area contributed by atoms with E-state index in [-0.39, 0.29) is 5.88 Å². The third-order valence-corrected chi connectivity index (χ3v) is 3.37. The zero-order chi connectivity index (χ0) is 14.7. The Morgan fingerprint density at radius 3 is 2.71 bits per heavy atom. The van der Waals surface area contributed by atoms with Crippen LogP contribution in [0.5, 0.6) is 17.4 Å². The zero-order valence-corrected chi connectivity index (χ0v) is 11.8. The minimum atomic E-state index is -0.434. The standard InChI is InChI=1S/C16H17FN2O2/c1-20-13-4-2-3-5-14(13)21-16-15(17)11(8-9-18-16)10-19-12-6-7-12/h2-5,8-9,12,19H,6-7,10H2,1H3. The number of pyridine rings is 1. The van der Waals surface area contributed by atoms with Crippen molar-refractivity contribution in [3.63, 3.8) is 0 Å². The lowest BCUT2D eigenvalue weighted by molar-refractivity contribution is 0.362. The molecule has 0 radical (unpaired) electrons. The number of aromatic nitrogens is 1. The van der Waals surface area contributed by atoms with Crippen molar-refractivity contribution in [2.75, 3.05) is 7.11 Å². The van der Waals surface area contributed by atoms with Crippen molar-refractivity contribution in [1.29, 1.82) is 0 Å². The Hall–Kier alpha value is -2.14. The van der Waals surface area contributed by atoms with Crippen LogP contribution in [0.15, 0.2) is 36.5 Å². The summed E-state index contributed by atoms with van der Waals surface area (Å²) in [5.74, 6) is 0.519. The topological polar surface area (TPSA) is 43.4 Å². The molecule has 1 aromatic carbocycles. The van der Waals surface area contributed by atoms with Crippen LogP contribution in [0.3, 0.4) is 0 Å². The first kappa shape index (κ1) is 13.8. The van der Waals surface area contributed by atoms with Gasteiger partial charge in [-0.1, -0.05) is 12.1 Å². The summed E-state index contributed by atoms with van der Waals surface area (Å²) in [6, 6.07) is 9.29. The number of halogens is 1. The third kappa shape index (κ3) is 3.31. The highest BCUT2D eigenvalue weighted by Crippen LogP contribution is 2.31. The fourth-order valence-corrected chi connectivity index (χ4v) is 2.02. The third-order valence-electron chi connectivity index (χ3n) is 3.37. The highest BCUT2D eigenvalue weighted by atomic mass is 19.1. The molecule has 1 fully saturated rings. The molecule has 1 heterocycles. The number of benzene rings is 1.